The van der Waals surface area contributed by atoms with E-state index in [0.29, 0.717) is 23.7 Å². The van der Waals surface area contributed by atoms with Gasteiger partial charge in [-0.25, -0.2) is 0 Å². The van der Waals surface area contributed by atoms with Crippen LogP contribution in [0.1, 0.15) is 32.7 Å². The number of carbonyl (C=O) groups is 1. The minimum atomic E-state index is -0.465. The number of nitrogens with zero attached hydrogens (tertiary/aromatic N) is 1. The summed E-state index contributed by atoms with van der Waals surface area (Å²) in [5, 5.41) is 0. The van der Waals surface area contributed by atoms with Crippen molar-refractivity contribution < 1.29 is 19.0 Å². The number of ether oxygens (including phenoxy) is 3. The van der Waals surface area contributed by atoms with E-state index in [1.54, 1.807) is 18.2 Å². The highest BCUT2D eigenvalue weighted by atomic mass is 16.7. The number of amides is 1. The lowest BCUT2D eigenvalue weighted by atomic mass is 10.1. The zero-order valence-corrected chi connectivity index (χ0v) is 16.8. The molecule has 2 heterocycles. The number of hydrogen-bond donors (Lipinski definition) is 1. The number of primary amides is 1. The summed E-state index contributed by atoms with van der Waals surface area (Å²) in [5.74, 6) is 1.67. The second-order valence-corrected chi connectivity index (χ2v) is 6.69. The summed E-state index contributed by atoms with van der Waals surface area (Å²) >= 11 is 0. The van der Waals surface area contributed by atoms with Crippen LogP contribution in [0.5, 0.6) is 17.2 Å². The van der Waals surface area contributed by atoms with Crippen LogP contribution >= 0.6 is 0 Å². The molecule has 0 saturated carbocycles. The van der Waals surface area contributed by atoms with Gasteiger partial charge in [0.05, 0.1) is 5.69 Å². The minimum Gasteiger partial charge on any atom is -0.487 e. The van der Waals surface area contributed by atoms with Crippen LogP contribution in [-0.2, 0) is 6.61 Å². The Morgan fingerprint density at radius 2 is 1.79 bits per heavy atom. The molecule has 0 saturated heterocycles. The van der Waals surface area contributed by atoms with Gasteiger partial charge >= 0.3 is 0 Å². The van der Waals surface area contributed by atoms with Gasteiger partial charge in [0.25, 0.3) is 0 Å². The van der Waals surface area contributed by atoms with Gasteiger partial charge in [0.1, 0.15) is 12.4 Å². The molecule has 1 aromatic heterocycles. The highest BCUT2D eigenvalue weighted by Gasteiger charge is 2.14. The maximum absolute atomic E-state index is 10.7. The number of hydrogen-bond acceptors (Lipinski definition) is 5. The smallest absolute Gasteiger partial charge is 0.248 e. The molecule has 1 aliphatic heterocycles. The fourth-order valence-electron chi connectivity index (χ4n) is 2.79. The summed E-state index contributed by atoms with van der Waals surface area (Å²) in [5.41, 5.74) is 9.96. The fraction of sp³-hybridized carbons (Fsp3) is 0.217. The van der Waals surface area contributed by atoms with Gasteiger partial charge < -0.3 is 19.9 Å². The lowest BCUT2D eigenvalue weighted by Gasteiger charge is -2.13. The van der Waals surface area contributed by atoms with Gasteiger partial charge in [0.2, 0.25) is 12.7 Å². The van der Waals surface area contributed by atoms with Gasteiger partial charge in [-0.1, -0.05) is 30.3 Å². The number of fused-ring (bicyclic) bond motifs is 1. The Labute approximate surface area is 170 Å². The van der Waals surface area contributed by atoms with E-state index in [-0.39, 0.29) is 6.79 Å². The van der Waals surface area contributed by atoms with Crippen molar-refractivity contribution in [1.82, 2.24) is 4.98 Å². The number of nitrogens with two attached hydrogens (primary N) is 1. The van der Waals surface area contributed by atoms with Crippen LogP contribution in [0.15, 0.2) is 54.7 Å². The summed E-state index contributed by atoms with van der Waals surface area (Å²) in [6, 6.07) is 15.0. The predicted molar refractivity (Wildman–Crippen MR) is 110 cm³/mol. The third-order valence-corrected chi connectivity index (χ3v) is 4.60. The molecule has 6 heteroatoms. The van der Waals surface area contributed by atoms with Crippen LogP contribution in [0.4, 0.5) is 0 Å². The summed E-state index contributed by atoms with van der Waals surface area (Å²) in [7, 11) is 0. The summed E-state index contributed by atoms with van der Waals surface area (Å²) in [6.07, 6.45) is 1.89. The van der Waals surface area contributed by atoms with Gasteiger partial charge in [-0.2, -0.15) is 0 Å². The summed E-state index contributed by atoms with van der Waals surface area (Å²) in [6.45, 7) is 6.90. The summed E-state index contributed by atoms with van der Waals surface area (Å²) in [4.78, 5) is 15.1. The molecule has 2 aromatic carbocycles. The highest BCUT2D eigenvalue weighted by Crippen LogP contribution is 2.32. The van der Waals surface area contributed by atoms with Crippen LogP contribution < -0.4 is 19.9 Å². The molecule has 0 fully saturated rings. The fourth-order valence-corrected chi connectivity index (χ4v) is 2.79. The Kier molecular flexibility index (Phi) is 6.34. The van der Waals surface area contributed by atoms with Crippen LogP contribution in [0.2, 0.25) is 0 Å². The van der Waals surface area contributed by atoms with Crippen molar-refractivity contribution in [2.45, 2.75) is 27.4 Å². The van der Waals surface area contributed by atoms with E-state index in [4.69, 9.17) is 19.9 Å². The van der Waals surface area contributed by atoms with Crippen molar-refractivity contribution >= 4 is 5.91 Å². The van der Waals surface area contributed by atoms with Crippen molar-refractivity contribution in [1.29, 1.82) is 0 Å². The molecule has 0 atom stereocenters. The van der Waals surface area contributed by atoms with Crippen LogP contribution in [0, 0.1) is 20.8 Å². The number of aromatic nitrogens is 1. The number of carbonyl (C=O) groups excluding carboxylic acids is 1. The van der Waals surface area contributed by atoms with Crippen LogP contribution in [-0.4, -0.2) is 17.7 Å². The largest absolute Gasteiger partial charge is 0.487 e. The van der Waals surface area contributed by atoms with E-state index in [9.17, 15) is 4.79 Å². The van der Waals surface area contributed by atoms with E-state index in [1.807, 2.05) is 31.3 Å². The van der Waals surface area contributed by atoms with Crippen molar-refractivity contribution in [2.24, 2.45) is 5.73 Å². The molecule has 150 valence electrons. The second-order valence-electron chi connectivity index (χ2n) is 6.69. The molecular formula is C23H24N2O4. The second kappa shape index (κ2) is 9.10. The normalized spacial score (nSPS) is 11.4. The van der Waals surface area contributed by atoms with E-state index >= 15 is 0 Å². The lowest BCUT2D eigenvalue weighted by molar-refractivity contribution is 0.1000. The average Bonchev–Trinajstić information content (AvgIpc) is 3.20. The Morgan fingerprint density at radius 1 is 1.07 bits per heavy atom. The molecule has 0 spiro atoms. The third kappa shape index (κ3) is 5.04. The summed E-state index contributed by atoms with van der Waals surface area (Å²) < 4.78 is 16.0. The lowest BCUT2D eigenvalue weighted by Crippen LogP contribution is -2.10. The van der Waals surface area contributed by atoms with Crippen molar-refractivity contribution in [3.63, 3.8) is 0 Å². The highest BCUT2D eigenvalue weighted by molar-refractivity contribution is 5.93. The number of benzene rings is 2. The molecule has 4 rings (SSSR count). The number of pyridine rings is 1. The van der Waals surface area contributed by atoms with Crippen molar-refractivity contribution in [2.75, 3.05) is 6.79 Å². The topological polar surface area (TPSA) is 83.7 Å². The molecular weight excluding hydrogens is 368 g/mol. The molecule has 0 unspecified atom stereocenters. The minimum absolute atomic E-state index is 0.206. The Hall–Kier alpha value is -3.54. The molecule has 1 aliphatic rings. The van der Waals surface area contributed by atoms with Crippen molar-refractivity contribution in [3.8, 4) is 17.2 Å². The van der Waals surface area contributed by atoms with Crippen LogP contribution in [0.25, 0.3) is 0 Å². The van der Waals surface area contributed by atoms with E-state index < -0.39 is 5.91 Å². The zero-order valence-electron chi connectivity index (χ0n) is 16.8. The first-order valence-corrected chi connectivity index (χ1v) is 9.24. The Morgan fingerprint density at radius 3 is 2.52 bits per heavy atom. The monoisotopic (exact) mass is 392 g/mol. The molecule has 0 radical (unpaired) electrons. The van der Waals surface area contributed by atoms with Gasteiger partial charge in [-0.15, -0.1) is 0 Å². The van der Waals surface area contributed by atoms with Gasteiger partial charge in [-0.3, -0.25) is 9.78 Å². The molecule has 2 N–H and O–H groups in total. The van der Waals surface area contributed by atoms with Gasteiger partial charge in [0.15, 0.2) is 11.5 Å². The Balaban J connectivity index is 0.000000176. The maximum atomic E-state index is 10.7. The average molecular weight is 392 g/mol. The third-order valence-electron chi connectivity index (χ3n) is 4.60. The molecule has 6 nitrogen and oxygen atoms in total. The molecule has 0 aliphatic carbocycles. The van der Waals surface area contributed by atoms with E-state index in [0.717, 1.165) is 11.4 Å². The molecule has 3 aromatic rings. The van der Waals surface area contributed by atoms with E-state index in [2.05, 4.69) is 31.0 Å². The van der Waals surface area contributed by atoms with E-state index in [1.165, 1.54) is 16.7 Å². The maximum Gasteiger partial charge on any atom is 0.248 e. The first-order valence-electron chi connectivity index (χ1n) is 9.24. The first kappa shape index (κ1) is 20.2. The molecule has 29 heavy (non-hydrogen) atoms. The predicted octanol–water partition coefficient (Wildman–Crippen LogP) is 4.10. The standard InChI is InChI=1S/C15H17NO.C8H7NO3/c1-11-9-16-13(3)15(12(11)2)17-10-14-7-5-4-6-8-14;9-8(10)5-1-2-6-7(3-5)12-4-11-6/h4-9H,10H2,1-3H3;1-3H,4H2,(H2,9,10). The van der Waals surface area contributed by atoms with Crippen molar-refractivity contribution in [3.05, 3.63) is 82.7 Å². The zero-order chi connectivity index (χ0) is 20.8. The number of rotatable bonds is 4. The molecule has 1 amide bonds. The SMILES string of the molecule is Cc1cnc(C)c(OCc2ccccc2)c1C.NC(=O)c1ccc2c(c1)OCO2. The Bertz CT molecular complexity index is 1000. The van der Waals surface area contributed by atoms with Crippen LogP contribution in [0.3, 0.4) is 0 Å². The first-order chi connectivity index (χ1) is 14.0. The number of aryl methyl sites for hydroxylation is 2. The van der Waals surface area contributed by atoms with Gasteiger partial charge in [0, 0.05) is 11.8 Å². The quantitative estimate of drug-likeness (QED) is 0.723. The molecule has 0 bridgehead atoms. The van der Waals surface area contributed by atoms with Gasteiger partial charge in [-0.05, 0) is 55.7 Å².